The predicted octanol–water partition coefficient (Wildman–Crippen LogP) is 1.98. The van der Waals surface area contributed by atoms with E-state index in [9.17, 15) is 14.9 Å². The molecule has 1 amide bonds. The van der Waals surface area contributed by atoms with Gasteiger partial charge in [-0.3, -0.25) is 10.1 Å². The monoisotopic (exact) mass is 256 g/mol. The molecule has 17 heavy (non-hydrogen) atoms. The fourth-order valence-electron chi connectivity index (χ4n) is 1.57. The van der Waals surface area contributed by atoms with Crippen LogP contribution in [0.3, 0.4) is 0 Å². The van der Waals surface area contributed by atoms with E-state index in [0.717, 1.165) is 0 Å². The zero-order chi connectivity index (χ0) is 12.4. The second-order valence-electron chi connectivity index (χ2n) is 3.60. The Labute approximate surface area is 102 Å². The number of alkyl carbamates (subject to hydrolysis) is 1. The van der Waals surface area contributed by atoms with Crippen LogP contribution in [-0.2, 0) is 4.74 Å². The van der Waals surface area contributed by atoms with E-state index in [1.807, 2.05) is 0 Å². The number of benzene rings is 1. The fraction of sp³-hybridized carbons (Fsp3) is 0.300. The number of nitrogens with zero attached hydrogens (tertiary/aromatic N) is 1. The molecule has 0 aromatic heterocycles. The SMILES string of the molecule is O=C1N[C@H]([C@H](Cl)c2ccc([N+](=O)[O-])cc2)CO1. The molecule has 2 rings (SSSR count). The molecule has 0 saturated carbocycles. The van der Waals surface area contributed by atoms with Crippen molar-refractivity contribution in [3.05, 3.63) is 39.9 Å². The topological polar surface area (TPSA) is 81.5 Å². The maximum atomic E-state index is 10.9. The Morgan fingerprint density at radius 2 is 2.12 bits per heavy atom. The lowest BCUT2D eigenvalue weighted by atomic mass is 10.1. The molecule has 0 aliphatic carbocycles. The van der Waals surface area contributed by atoms with Gasteiger partial charge in [0.15, 0.2) is 0 Å². The Balaban J connectivity index is 2.11. The minimum Gasteiger partial charge on any atom is -0.447 e. The minimum absolute atomic E-state index is 0.00400. The first-order valence-electron chi connectivity index (χ1n) is 4.89. The van der Waals surface area contributed by atoms with Crippen molar-refractivity contribution in [3.63, 3.8) is 0 Å². The summed E-state index contributed by atoms with van der Waals surface area (Å²) in [5, 5.41) is 12.6. The highest BCUT2D eigenvalue weighted by Crippen LogP contribution is 2.27. The molecule has 90 valence electrons. The first-order valence-corrected chi connectivity index (χ1v) is 5.33. The van der Waals surface area contributed by atoms with Crippen LogP contribution in [0.25, 0.3) is 0 Å². The van der Waals surface area contributed by atoms with Gasteiger partial charge in [-0.2, -0.15) is 0 Å². The molecule has 1 saturated heterocycles. The number of cyclic esters (lactones) is 1. The highest BCUT2D eigenvalue weighted by atomic mass is 35.5. The van der Waals surface area contributed by atoms with Gasteiger partial charge >= 0.3 is 6.09 Å². The third-order valence-corrected chi connectivity index (χ3v) is 3.03. The number of carbonyl (C=O) groups excluding carboxylic acids is 1. The van der Waals surface area contributed by atoms with Gasteiger partial charge in [-0.05, 0) is 5.56 Å². The lowest BCUT2D eigenvalue weighted by molar-refractivity contribution is -0.384. The number of nitro benzene ring substituents is 1. The second-order valence-corrected chi connectivity index (χ2v) is 4.07. The van der Waals surface area contributed by atoms with Crippen molar-refractivity contribution in [2.75, 3.05) is 6.61 Å². The molecular weight excluding hydrogens is 248 g/mol. The molecule has 2 atom stereocenters. The lowest BCUT2D eigenvalue weighted by Gasteiger charge is -2.14. The van der Waals surface area contributed by atoms with Gasteiger partial charge < -0.3 is 10.1 Å². The van der Waals surface area contributed by atoms with E-state index in [2.05, 4.69) is 5.32 Å². The van der Waals surface area contributed by atoms with E-state index in [-0.39, 0.29) is 18.3 Å². The summed E-state index contributed by atoms with van der Waals surface area (Å²) in [5.74, 6) is 0. The van der Waals surface area contributed by atoms with Crippen molar-refractivity contribution in [3.8, 4) is 0 Å². The van der Waals surface area contributed by atoms with Crippen molar-refractivity contribution in [1.29, 1.82) is 0 Å². The molecule has 7 heteroatoms. The number of carbonyl (C=O) groups is 1. The van der Waals surface area contributed by atoms with Crippen LogP contribution < -0.4 is 5.32 Å². The predicted molar refractivity (Wildman–Crippen MR) is 60.0 cm³/mol. The number of nitro groups is 1. The van der Waals surface area contributed by atoms with E-state index in [0.29, 0.717) is 5.56 Å². The van der Waals surface area contributed by atoms with Crippen LogP contribution in [-0.4, -0.2) is 23.7 Å². The van der Waals surface area contributed by atoms with Crippen LogP contribution in [0.15, 0.2) is 24.3 Å². The van der Waals surface area contributed by atoms with E-state index in [4.69, 9.17) is 16.3 Å². The first-order chi connectivity index (χ1) is 8.08. The summed E-state index contributed by atoms with van der Waals surface area (Å²) in [7, 11) is 0. The highest BCUT2D eigenvalue weighted by molar-refractivity contribution is 6.21. The van der Waals surface area contributed by atoms with Crippen LogP contribution in [0.1, 0.15) is 10.9 Å². The normalized spacial score (nSPS) is 20.5. The molecule has 6 nitrogen and oxygen atoms in total. The molecular formula is C10H9ClN2O4. The zero-order valence-electron chi connectivity index (χ0n) is 8.63. The number of halogens is 1. The van der Waals surface area contributed by atoms with Crippen LogP contribution in [0.4, 0.5) is 10.5 Å². The number of amides is 1. The number of rotatable bonds is 3. The molecule has 1 heterocycles. The van der Waals surface area contributed by atoms with Crippen molar-refractivity contribution < 1.29 is 14.5 Å². The number of hydrogen-bond donors (Lipinski definition) is 1. The van der Waals surface area contributed by atoms with Crippen LogP contribution in [0, 0.1) is 10.1 Å². The van der Waals surface area contributed by atoms with Crippen LogP contribution >= 0.6 is 11.6 Å². The maximum Gasteiger partial charge on any atom is 0.407 e. The van der Waals surface area contributed by atoms with Gasteiger partial charge in [0.25, 0.3) is 5.69 Å². The quantitative estimate of drug-likeness (QED) is 0.509. The molecule has 1 aromatic carbocycles. The Kier molecular flexibility index (Phi) is 3.14. The second kappa shape index (κ2) is 4.58. The summed E-state index contributed by atoms with van der Waals surface area (Å²) >= 11 is 6.15. The van der Waals surface area contributed by atoms with E-state index >= 15 is 0 Å². The van der Waals surface area contributed by atoms with Crippen LogP contribution in [0.2, 0.25) is 0 Å². The largest absolute Gasteiger partial charge is 0.447 e. The molecule has 0 radical (unpaired) electrons. The Bertz CT molecular complexity index is 448. The minimum atomic E-state index is -0.498. The summed E-state index contributed by atoms with van der Waals surface area (Å²) in [5.41, 5.74) is 0.706. The molecule has 0 spiro atoms. The summed E-state index contributed by atoms with van der Waals surface area (Å²) < 4.78 is 4.73. The number of hydrogen-bond acceptors (Lipinski definition) is 4. The van der Waals surface area contributed by atoms with Gasteiger partial charge in [-0.25, -0.2) is 4.79 Å². The summed E-state index contributed by atoms with van der Waals surface area (Å²) in [4.78, 5) is 20.8. The standard InChI is InChI=1S/C10H9ClN2O4/c11-9(8-5-17-10(14)12-8)6-1-3-7(4-2-6)13(15)16/h1-4,8-9H,5H2,(H,12,14)/t8-,9+/m0/s1. The molecule has 0 bridgehead atoms. The van der Waals surface area contributed by atoms with Crippen molar-refractivity contribution in [1.82, 2.24) is 5.32 Å². The molecule has 1 aromatic rings. The van der Waals surface area contributed by atoms with Gasteiger partial charge in [0.05, 0.1) is 16.3 Å². The van der Waals surface area contributed by atoms with Gasteiger partial charge in [-0.15, -0.1) is 11.6 Å². The highest BCUT2D eigenvalue weighted by Gasteiger charge is 2.30. The van der Waals surface area contributed by atoms with E-state index in [1.54, 1.807) is 12.1 Å². The Hall–Kier alpha value is -1.82. The molecule has 1 aliphatic heterocycles. The fourth-order valence-corrected chi connectivity index (χ4v) is 1.85. The van der Waals surface area contributed by atoms with Crippen LogP contribution in [0.5, 0.6) is 0 Å². The number of non-ortho nitro benzene ring substituents is 1. The smallest absolute Gasteiger partial charge is 0.407 e. The maximum absolute atomic E-state index is 10.9. The van der Waals surface area contributed by atoms with Gasteiger partial charge in [-0.1, -0.05) is 12.1 Å². The molecule has 0 unspecified atom stereocenters. The third-order valence-electron chi connectivity index (χ3n) is 2.47. The molecule has 1 N–H and O–H groups in total. The van der Waals surface area contributed by atoms with E-state index in [1.165, 1.54) is 12.1 Å². The number of ether oxygens (including phenoxy) is 1. The van der Waals surface area contributed by atoms with Gasteiger partial charge in [0, 0.05) is 12.1 Å². The van der Waals surface area contributed by atoms with Gasteiger partial charge in [0.2, 0.25) is 0 Å². The molecule has 1 fully saturated rings. The first kappa shape index (κ1) is 11.7. The summed E-state index contributed by atoms with van der Waals surface area (Å²) in [6.07, 6.45) is -0.498. The van der Waals surface area contributed by atoms with Crippen molar-refractivity contribution in [2.45, 2.75) is 11.4 Å². The average molecular weight is 257 g/mol. The number of alkyl halides is 1. The van der Waals surface area contributed by atoms with E-state index < -0.39 is 16.4 Å². The summed E-state index contributed by atoms with van der Waals surface area (Å²) in [6.45, 7) is 0.198. The molecule has 1 aliphatic rings. The number of nitrogens with one attached hydrogen (secondary N) is 1. The lowest BCUT2D eigenvalue weighted by Crippen LogP contribution is -2.30. The third kappa shape index (κ3) is 2.47. The Morgan fingerprint density at radius 1 is 1.47 bits per heavy atom. The average Bonchev–Trinajstić information content (AvgIpc) is 2.75. The van der Waals surface area contributed by atoms with Gasteiger partial charge in [0.1, 0.15) is 6.61 Å². The summed E-state index contributed by atoms with van der Waals surface area (Å²) in [6, 6.07) is 5.58. The van der Waals surface area contributed by atoms with Crippen molar-refractivity contribution in [2.24, 2.45) is 0 Å². The zero-order valence-corrected chi connectivity index (χ0v) is 9.39. The van der Waals surface area contributed by atoms with Crippen molar-refractivity contribution >= 4 is 23.4 Å². The Morgan fingerprint density at radius 3 is 2.59 bits per heavy atom.